The van der Waals surface area contributed by atoms with Gasteiger partial charge in [-0.1, -0.05) is 24.3 Å². The standard InChI is InChI=1S/C20H23N3O5S2/c1-29-13-10-18(22-30(26,27)17-8-3-2-4-9-17)19(24)21-15-6-5-7-16(14-15)23-11-12-28-20(23)25/h2-9,14,18,22H,10-13H2,1H3,(H,21,24). The molecule has 10 heteroatoms. The largest absolute Gasteiger partial charge is 0.447 e. The maximum Gasteiger partial charge on any atom is 0.414 e. The Bertz CT molecular complexity index is 999. The fraction of sp³-hybridized carbons (Fsp3) is 0.300. The molecular weight excluding hydrogens is 426 g/mol. The van der Waals surface area contributed by atoms with E-state index in [9.17, 15) is 18.0 Å². The quantitative estimate of drug-likeness (QED) is 0.610. The molecule has 1 aliphatic heterocycles. The zero-order valence-electron chi connectivity index (χ0n) is 16.4. The molecule has 0 spiro atoms. The molecule has 0 aromatic heterocycles. The summed E-state index contributed by atoms with van der Waals surface area (Å²) in [5.41, 5.74) is 1.06. The van der Waals surface area contributed by atoms with Crippen molar-refractivity contribution in [2.75, 3.05) is 35.4 Å². The molecule has 8 nitrogen and oxygen atoms in total. The minimum atomic E-state index is -3.85. The zero-order chi connectivity index (χ0) is 21.6. The third-order valence-electron chi connectivity index (χ3n) is 4.46. The number of anilines is 2. The number of hydrogen-bond acceptors (Lipinski definition) is 6. The molecule has 0 radical (unpaired) electrons. The van der Waals surface area contributed by atoms with Gasteiger partial charge in [0, 0.05) is 11.4 Å². The number of cyclic esters (lactones) is 1. The Balaban J connectivity index is 1.75. The predicted molar refractivity (Wildman–Crippen MR) is 117 cm³/mol. The first-order valence-electron chi connectivity index (χ1n) is 9.32. The van der Waals surface area contributed by atoms with Gasteiger partial charge in [0.1, 0.15) is 12.6 Å². The van der Waals surface area contributed by atoms with E-state index in [4.69, 9.17) is 4.74 Å². The van der Waals surface area contributed by atoms with E-state index in [-0.39, 0.29) is 4.90 Å². The van der Waals surface area contributed by atoms with Gasteiger partial charge in [-0.2, -0.15) is 16.5 Å². The average Bonchev–Trinajstić information content (AvgIpc) is 3.17. The number of sulfonamides is 1. The van der Waals surface area contributed by atoms with Crippen molar-refractivity contribution >= 4 is 45.2 Å². The molecule has 2 amide bonds. The fourth-order valence-electron chi connectivity index (χ4n) is 2.94. The van der Waals surface area contributed by atoms with Crippen LogP contribution in [0.15, 0.2) is 59.5 Å². The number of carbonyl (C=O) groups is 2. The lowest BCUT2D eigenvalue weighted by molar-refractivity contribution is -0.117. The van der Waals surface area contributed by atoms with Gasteiger partial charge in [-0.05, 0) is 48.8 Å². The number of ether oxygens (including phenoxy) is 1. The highest BCUT2D eigenvalue weighted by Crippen LogP contribution is 2.23. The highest BCUT2D eigenvalue weighted by atomic mass is 32.2. The normalized spacial score (nSPS) is 15.0. The van der Waals surface area contributed by atoms with Crippen LogP contribution in [0.5, 0.6) is 0 Å². The Morgan fingerprint density at radius 3 is 2.63 bits per heavy atom. The summed E-state index contributed by atoms with van der Waals surface area (Å²) >= 11 is 1.52. The van der Waals surface area contributed by atoms with Crippen LogP contribution in [0.3, 0.4) is 0 Å². The number of thioether (sulfide) groups is 1. The number of nitrogens with one attached hydrogen (secondary N) is 2. The second kappa shape index (κ2) is 9.96. The summed E-state index contributed by atoms with van der Waals surface area (Å²) in [6.07, 6.45) is 1.78. The van der Waals surface area contributed by atoms with Gasteiger partial charge in [0.05, 0.1) is 11.4 Å². The van der Waals surface area contributed by atoms with Crippen LogP contribution in [-0.2, 0) is 19.6 Å². The van der Waals surface area contributed by atoms with Gasteiger partial charge in [0.15, 0.2) is 0 Å². The van der Waals surface area contributed by atoms with Gasteiger partial charge in [-0.15, -0.1) is 0 Å². The predicted octanol–water partition coefficient (Wildman–Crippen LogP) is 2.68. The molecule has 1 heterocycles. The molecule has 0 saturated carbocycles. The maximum atomic E-state index is 12.9. The minimum Gasteiger partial charge on any atom is -0.447 e. The molecule has 0 aliphatic carbocycles. The topological polar surface area (TPSA) is 105 Å². The van der Waals surface area contributed by atoms with Crippen molar-refractivity contribution in [2.24, 2.45) is 0 Å². The SMILES string of the molecule is CSCCC(NS(=O)(=O)c1ccccc1)C(=O)Nc1cccc(N2CCOC2=O)c1. The average molecular weight is 450 g/mol. The smallest absolute Gasteiger partial charge is 0.414 e. The number of benzene rings is 2. The molecule has 2 aromatic carbocycles. The summed E-state index contributed by atoms with van der Waals surface area (Å²) in [6.45, 7) is 0.747. The number of amides is 2. The van der Waals surface area contributed by atoms with Gasteiger partial charge in [0.2, 0.25) is 15.9 Å². The Kier molecular flexibility index (Phi) is 7.35. The Morgan fingerprint density at radius 2 is 1.97 bits per heavy atom. The second-order valence-corrected chi connectivity index (χ2v) is 9.27. The van der Waals surface area contributed by atoms with Crippen molar-refractivity contribution in [3.05, 3.63) is 54.6 Å². The van der Waals surface area contributed by atoms with E-state index in [1.165, 1.54) is 28.8 Å². The van der Waals surface area contributed by atoms with Crippen LogP contribution in [0.4, 0.5) is 16.2 Å². The molecule has 0 bridgehead atoms. The molecule has 3 rings (SSSR count). The minimum absolute atomic E-state index is 0.0986. The van der Waals surface area contributed by atoms with E-state index in [1.807, 2.05) is 6.26 Å². The van der Waals surface area contributed by atoms with Crippen molar-refractivity contribution in [1.82, 2.24) is 4.72 Å². The first-order valence-corrected chi connectivity index (χ1v) is 12.2. The fourth-order valence-corrected chi connectivity index (χ4v) is 4.67. The lowest BCUT2D eigenvalue weighted by Gasteiger charge is -2.19. The zero-order valence-corrected chi connectivity index (χ0v) is 18.0. The molecule has 1 fully saturated rings. The molecule has 30 heavy (non-hydrogen) atoms. The van der Waals surface area contributed by atoms with Crippen molar-refractivity contribution in [3.8, 4) is 0 Å². The summed E-state index contributed by atoms with van der Waals surface area (Å²) in [6, 6.07) is 13.8. The van der Waals surface area contributed by atoms with Crippen LogP contribution in [0.2, 0.25) is 0 Å². The first kappa shape index (κ1) is 22.1. The summed E-state index contributed by atoms with van der Waals surface area (Å²) in [5, 5.41) is 2.75. The molecular formula is C20H23N3O5S2. The molecule has 1 saturated heterocycles. The highest BCUT2D eigenvalue weighted by molar-refractivity contribution is 7.98. The van der Waals surface area contributed by atoms with Gasteiger partial charge >= 0.3 is 6.09 Å². The number of hydrogen-bond donors (Lipinski definition) is 2. The summed E-state index contributed by atoms with van der Waals surface area (Å²) < 4.78 is 32.8. The van der Waals surface area contributed by atoms with Crippen LogP contribution in [0.25, 0.3) is 0 Å². The third-order valence-corrected chi connectivity index (χ3v) is 6.60. The second-order valence-electron chi connectivity index (χ2n) is 6.57. The van der Waals surface area contributed by atoms with Crippen molar-refractivity contribution in [3.63, 3.8) is 0 Å². The van der Waals surface area contributed by atoms with E-state index in [0.29, 0.717) is 36.7 Å². The number of carbonyl (C=O) groups excluding carboxylic acids is 2. The summed E-state index contributed by atoms with van der Waals surface area (Å²) in [5.74, 6) is 0.138. The van der Waals surface area contributed by atoms with Crippen LogP contribution in [0, 0.1) is 0 Å². The van der Waals surface area contributed by atoms with Crippen molar-refractivity contribution in [1.29, 1.82) is 0 Å². The van der Waals surface area contributed by atoms with Crippen LogP contribution in [0.1, 0.15) is 6.42 Å². The van der Waals surface area contributed by atoms with Gasteiger partial charge in [-0.3, -0.25) is 9.69 Å². The molecule has 2 N–H and O–H groups in total. The van der Waals surface area contributed by atoms with Gasteiger partial charge in [0.25, 0.3) is 0 Å². The van der Waals surface area contributed by atoms with Crippen LogP contribution in [-0.4, -0.2) is 51.6 Å². The van der Waals surface area contributed by atoms with Gasteiger partial charge < -0.3 is 10.1 Å². The van der Waals surface area contributed by atoms with E-state index < -0.39 is 28.1 Å². The maximum absolute atomic E-state index is 12.9. The Morgan fingerprint density at radius 1 is 1.20 bits per heavy atom. The Labute approximate surface area is 180 Å². The van der Waals surface area contributed by atoms with Crippen LogP contribution < -0.4 is 14.9 Å². The molecule has 1 aliphatic rings. The van der Waals surface area contributed by atoms with E-state index >= 15 is 0 Å². The number of rotatable bonds is 9. The monoisotopic (exact) mass is 449 g/mol. The molecule has 1 unspecified atom stereocenters. The highest BCUT2D eigenvalue weighted by Gasteiger charge is 2.27. The molecule has 2 aromatic rings. The van der Waals surface area contributed by atoms with E-state index in [1.54, 1.807) is 42.5 Å². The lowest BCUT2D eigenvalue weighted by atomic mass is 10.2. The number of nitrogens with zero attached hydrogens (tertiary/aromatic N) is 1. The summed E-state index contributed by atoms with van der Waals surface area (Å²) in [7, 11) is -3.85. The molecule has 160 valence electrons. The van der Waals surface area contributed by atoms with E-state index in [2.05, 4.69) is 10.0 Å². The van der Waals surface area contributed by atoms with Crippen molar-refractivity contribution in [2.45, 2.75) is 17.4 Å². The summed E-state index contributed by atoms with van der Waals surface area (Å²) in [4.78, 5) is 26.2. The first-order chi connectivity index (χ1) is 14.4. The van der Waals surface area contributed by atoms with E-state index in [0.717, 1.165) is 0 Å². The Hall–Kier alpha value is -2.56. The molecule has 1 atom stereocenters. The van der Waals surface area contributed by atoms with Gasteiger partial charge in [-0.25, -0.2) is 13.2 Å². The third kappa shape index (κ3) is 5.53. The van der Waals surface area contributed by atoms with Crippen molar-refractivity contribution < 1.29 is 22.7 Å². The lowest BCUT2D eigenvalue weighted by Crippen LogP contribution is -2.44. The van der Waals surface area contributed by atoms with Crippen LogP contribution >= 0.6 is 11.8 Å².